The van der Waals surface area contributed by atoms with E-state index in [1.807, 2.05) is 36.1 Å². The van der Waals surface area contributed by atoms with Crippen LogP contribution in [0.3, 0.4) is 0 Å². The number of aryl methyl sites for hydroxylation is 2. The second-order valence-corrected chi connectivity index (χ2v) is 7.81. The van der Waals surface area contributed by atoms with Gasteiger partial charge in [-0.1, -0.05) is 29.8 Å². The number of nitrogens with zero attached hydrogens (tertiary/aromatic N) is 3. The summed E-state index contributed by atoms with van der Waals surface area (Å²) in [5.41, 5.74) is 4.43. The molecule has 1 unspecified atom stereocenters. The van der Waals surface area contributed by atoms with Crippen LogP contribution >= 0.6 is 0 Å². The van der Waals surface area contributed by atoms with Crippen molar-refractivity contribution < 1.29 is 9.59 Å². The third kappa shape index (κ3) is 3.61. The summed E-state index contributed by atoms with van der Waals surface area (Å²) in [7, 11) is 0. The van der Waals surface area contributed by atoms with Crippen molar-refractivity contribution >= 4 is 23.2 Å². The summed E-state index contributed by atoms with van der Waals surface area (Å²) < 4.78 is 0. The fraction of sp³-hybridized carbons (Fsp3) is 0.391. The van der Waals surface area contributed by atoms with Gasteiger partial charge in [0.25, 0.3) is 0 Å². The maximum absolute atomic E-state index is 13.2. The predicted octanol–water partition coefficient (Wildman–Crippen LogP) is 3.15. The molecule has 1 atom stereocenters. The van der Waals surface area contributed by atoms with E-state index in [-0.39, 0.29) is 17.9 Å². The maximum Gasteiger partial charge on any atom is 0.245 e. The van der Waals surface area contributed by atoms with E-state index >= 15 is 0 Å². The molecule has 0 bridgehead atoms. The van der Waals surface area contributed by atoms with E-state index in [4.69, 9.17) is 0 Å². The Morgan fingerprint density at radius 2 is 1.61 bits per heavy atom. The maximum atomic E-state index is 13.2. The number of rotatable bonds is 3. The quantitative estimate of drug-likeness (QED) is 0.825. The van der Waals surface area contributed by atoms with Crippen molar-refractivity contribution in [1.82, 2.24) is 4.90 Å². The molecule has 2 amide bonds. The molecule has 0 aromatic heterocycles. The van der Waals surface area contributed by atoms with Crippen molar-refractivity contribution in [2.75, 3.05) is 36.0 Å². The van der Waals surface area contributed by atoms with Crippen molar-refractivity contribution in [3.63, 3.8) is 0 Å². The Kier molecular flexibility index (Phi) is 5.07. The zero-order valence-corrected chi connectivity index (χ0v) is 16.6. The average molecular weight is 377 g/mol. The summed E-state index contributed by atoms with van der Waals surface area (Å²) >= 11 is 0. The van der Waals surface area contributed by atoms with Gasteiger partial charge in [-0.25, -0.2) is 0 Å². The van der Waals surface area contributed by atoms with Gasteiger partial charge in [-0.3, -0.25) is 14.5 Å². The molecule has 2 fully saturated rings. The van der Waals surface area contributed by atoms with Gasteiger partial charge in [0, 0.05) is 44.0 Å². The zero-order valence-electron chi connectivity index (χ0n) is 16.6. The van der Waals surface area contributed by atoms with E-state index in [1.165, 1.54) is 11.3 Å². The molecule has 0 saturated carbocycles. The second-order valence-electron chi connectivity index (χ2n) is 7.81. The Hall–Kier alpha value is -2.82. The lowest BCUT2D eigenvalue weighted by atomic mass is 10.1. The largest absolute Gasteiger partial charge is 0.368 e. The number of hydrogen-bond acceptors (Lipinski definition) is 3. The highest BCUT2D eigenvalue weighted by atomic mass is 16.2. The molecule has 2 aromatic rings. The zero-order chi connectivity index (χ0) is 19.7. The summed E-state index contributed by atoms with van der Waals surface area (Å²) in [5, 5.41) is 0. The molecule has 5 heteroatoms. The van der Waals surface area contributed by atoms with Crippen molar-refractivity contribution in [1.29, 1.82) is 0 Å². The van der Waals surface area contributed by atoms with E-state index < -0.39 is 0 Å². The van der Waals surface area contributed by atoms with Gasteiger partial charge in [0.2, 0.25) is 11.8 Å². The topological polar surface area (TPSA) is 43.9 Å². The Balaban J connectivity index is 1.44. The Bertz CT molecular complexity index is 870. The molecule has 2 aliphatic rings. The molecule has 0 aliphatic carbocycles. The summed E-state index contributed by atoms with van der Waals surface area (Å²) in [6, 6.07) is 16.0. The molecule has 0 radical (unpaired) electrons. The molecule has 0 spiro atoms. The van der Waals surface area contributed by atoms with Crippen molar-refractivity contribution in [3.8, 4) is 0 Å². The lowest BCUT2D eigenvalue weighted by Crippen LogP contribution is -2.54. The highest BCUT2D eigenvalue weighted by molar-refractivity contribution is 6.03. The van der Waals surface area contributed by atoms with Gasteiger partial charge < -0.3 is 9.80 Å². The fourth-order valence-corrected chi connectivity index (χ4v) is 4.17. The van der Waals surface area contributed by atoms with Crippen molar-refractivity contribution in [3.05, 3.63) is 59.7 Å². The minimum Gasteiger partial charge on any atom is -0.368 e. The number of carbonyl (C=O) groups excluding carboxylic acids is 2. The van der Waals surface area contributed by atoms with Crippen molar-refractivity contribution in [2.45, 2.75) is 32.7 Å². The SMILES string of the molecule is Cc1ccc(N2C(=O)CCC2C(=O)N2CCN(c3cccc(C)c3)CC2)cc1. The van der Waals surface area contributed by atoms with E-state index in [0.717, 1.165) is 24.3 Å². The lowest BCUT2D eigenvalue weighted by Gasteiger charge is -2.38. The standard InChI is InChI=1S/C23H27N3O2/c1-17-6-8-19(9-7-17)26-21(10-11-22(26)27)23(28)25-14-12-24(13-15-25)20-5-3-4-18(2)16-20/h3-9,16,21H,10-15H2,1-2H3. The van der Waals surface area contributed by atoms with Crippen LogP contribution < -0.4 is 9.80 Å². The third-order valence-corrected chi connectivity index (χ3v) is 5.77. The van der Waals surface area contributed by atoms with E-state index in [9.17, 15) is 9.59 Å². The fourth-order valence-electron chi connectivity index (χ4n) is 4.17. The number of anilines is 2. The molecule has 4 rings (SSSR count). The normalized spacial score (nSPS) is 20.0. The number of hydrogen-bond donors (Lipinski definition) is 0. The van der Waals surface area contributed by atoms with Gasteiger partial charge in [0.05, 0.1) is 0 Å². The van der Waals surface area contributed by atoms with Crippen LogP contribution in [0.2, 0.25) is 0 Å². The van der Waals surface area contributed by atoms with Gasteiger partial charge in [-0.05, 0) is 50.1 Å². The highest BCUT2D eigenvalue weighted by Gasteiger charge is 2.39. The summed E-state index contributed by atoms with van der Waals surface area (Å²) in [6.45, 7) is 7.14. The minimum absolute atomic E-state index is 0.0422. The van der Waals surface area contributed by atoms with Gasteiger partial charge in [0.15, 0.2) is 0 Å². The van der Waals surface area contributed by atoms with Crippen LogP contribution in [0.5, 0.6) is 0 Å². The van der Waals surface area contributed by atoms with Crippen molar-refractivity contribution in [2.24, 2.45) is 0 Å². The van der Waals surface area contributed by atoms with Crippen LogP contribution in [0.25, 0.3) is 0 Å². The summed E-state index contributed by atoms with van der Waals surface area (Å²) in [4.78, 5) is 31.6. The van der Waals surface area contributed by atoms with Gasteiger partial charge in [0.1, 0.15) is 6.04 Å². The minimum atomic E-state index is -0.374. The van der Waals surface area contributed by atoms with Crippen LogP contribution in [0.4, 0.5) is 11.4 Å². The van der Waals surface area contributed by atoms with Crippen LogP contribution in [-0.4, -0.2) is 48.9 Å². The molecule has 146 valence electrons. The molecule has 2 aliphatic heterocycles. The first-order valence-corrected chi connectivity index (χ1v) is 10.0. The molecule has 2 aromatic carbocycles. The molecule has 0 N–H and O–H groups in total. The Labute approximate surface area is 166 Å². The Morgan fingerprint density at radius 1 is 0.893 bits per heavy atom. The number of benzene rings is 2. The number of carbonyl (C=O) groups is 2. The number of amides is 2. The Morgan fingerprint density at radius 3 is 2.29 bits per heavy atom. The molecule has 2 heterocycles. The third-order valence-electron chi connectivity index (χ3n) is 5.77. The van der Waals surface area contributed by atoms with E-state index in [2.05, 4.69) is 36.1 Å². The lowest BCUT2D eigenvalue weighted by molar-refractivity contribution is -0.133. The van der Waals surface area contributed by atoms with Crippen LogP contribution in [0.1, 0.15) is 24.0 Å². The van der Waals surface area contributed by atoms with Crippen LogP contribution in [-0.2, 0) is 9.59 Å². The smallest absolute Gasteiger partial charge is 0.245 e. The van der Waals surface area contributed by atoms with E-state index in [0.29, 0.717) is 25.9 Å². The van der Waals surface area contributed by atoms with Crippen LogP contribution in [0, 0.1) is 13.8 Å². The van der Waals surface area contributed by atoms with E-state index in [1.54, 1.807) is 4.90 Å². The van der Waals surface area contributed by atoms with Gasteiger partial charge in [-0.2, -0.15) is 0 Å². The van der Waals surface area contributed by atoms with Gasteiger partial charge >= 0.3 is 0 Å². The monoisotopic (exact) mass is 377 g/mol. The molecule has 5 nitrogen and oxygen atoms in total. The first-order chi connectivity index (χ1) is 13.5. The first-order valence-electron chi connectivity index (χ1n) is 10.0. The average Bonchev–Trinajstić information content (AvgIpc) is 3.09. The molecular weight excluding hydrogens is 350 g/mol. The van der Waals surface area contributed by atoms with Crippen LogP contribution in [0.15, 0.2) is 48.5 Å². The molecule has 28 heavy (non-hydrogen) atoms. The number of piperazine rings is 1. The molecular formula is C23H27N3O2. The second kappa shape index (κ2) is 7.66. The summed E-state index contributed by atoms with van der Waals surface area (Å²) in [6.07, 6.45) is 1.04. The highest BCUT2D eigenvalue weighted by Crippen LogP contribution is 2.28. The first kappa shape index (κ1) is 18.5. The summed E-state index contributed by atoms with van der Waals surface area (Å²) in [5.74, 6) is 0.121. The van der Waals surface area contributed by atoms with Gasteiger partial charge in [-0.15, -0.1) is 0 Å². The molecule has 2 saturated heterocycles. The predicted molar refractivity (Wildman–Crippen MR) is 112 cm³/mol.